The van der Waals surface area contributed by atoms with Crippen LogP contribution < -0.4 is 18.9 Å². The Labute approximate surface area is 175 Å². The van der Waals surface area contributed by atoms with Gasteiger partial charge in [-0.25, -0.2) is 0 Å². The summed E-state index contributed by atoms with van der Waals surface area (Å²) in [6, 6.07) is 14.4. The summed E-state index contributed by atoms with van der Waals surface area (Å²) in [4.78, 5) is 12.7. The lowest BCUT2D eigenvalue weighted by Crippen LogP contribution is -2.56. The first-order chi connectivity index (χ1) is 14.7. The second kappa shape index (κ2) is 9.36. The van der Waals surface area contributed by atoms with Crippen LogP contribution in [-0.4, -0.2) is 55.6 Å². The summed E-state index contributed by atoms with van der Waals surface area (Å²) in [5, 5.41) is 11.4. The van der Waals surface area contributed by atoms with Crippen molar-refractivity contribution in [1.82, 2.24) is 0 Å². The Kier molecular flexibility index (Phi) is 6.40. The molecule has 160 valence electrons. The molecule has 1 aliphatic carbocycles. The molecular formula is C23H26O7. The molecule has 2 aromatic rings. The zero-order valence-electron chi connectivity index (χ0n) is 16.7. The van der Waals surface area contributed by atoms with Crippen LogP contribution >= 0.6 is 0 Å². The lowest BCUT2D eigenvalue weighted by Gasteiger charge is -2.38. The van der Waals surface area contributed by atoms with Gasteiger partial charge in [0.15, 0.2) is 34.9 Å². The van der Waals surface area contributed by atoms with Crippen molar-refractivity contribution >= 4 is 5.78 Å². The summed E-state index contributed by atoms with van der Waals surface area (Å²) in [6.07, 6.45) is 0.271. The molecule has 1 heterocycles. The number of ether oxygens (including phenoxy) is 5. The molecule has 0 saturated heterocycles. The molecule has 1 fully saturated rings. The molecule has 2 aliphatic rings. The van der Waals surface area contributed by atoms with E-state index in [0.29, 0.717) is 68.7 Å². The third-order valence-corrected chi connectivity index (χ3v) is 5.20. The molecule has 2 aromatic carbocycles. The number of hydrogen-bond donors (Lipinski definition) is 1. The molecule has 1 N–H and O–H groups in total. The van der Waals surface area contributed by atoms with Gasteiger partial charge in [0.05, 0.1) is 13.2 Å². The van der Waals surface area contributed by atoms with Gasteiger partial charge in [0.1, 0.15) is 25.4 Å². The summed E-state index contributed by atoms with van der Waals surface area (Å²) in [5.41, 5.74) is -1.46. The summed E-state index contributed by atoms with van der Waals surface area (Å²) >= 11 is 0. The minimum Gasteiger partial charge on any atom is -0.487 e. The molecule has 7 heteroatoms. The molecule has 30 heavy (non-hydrogen) atoms. The predicted molar refractivity (Wildman–Crippen MR) is 108 cm³/mol. The van der Waals surface area contributed by atoms with Crippen molar-refractivity contribution in [2.24, 2.45) is 0 Å². The Morgan fingerprint density at radius 3 is 2.03 bits per heavy atom. The standard InChI is InChI=1S/C23H26O7/c24-17-6-5-11-23(25)16-29-19-8-2-1-7-18(19)27-14-12-26-13-15-28-20-9-3-4-10-21(20)30-22(17)23/h1-4,7-10,22,25H,5-6,11-16H2. The first-order valence-electron chi connectivity index (χ1n) is 10.2. The smallest absolute Gasteiger partial charge is 0.189 e. The van der Waals surface area contributed by atoms with Crippen molar-refractivity contribution in [2.75, 3.05) is 33.0 Å². The maximum absolute atomic E-state index is 12.7. The molecule has 0 amide bonds. The first kappa shape index (κ1) is 20.5. The van der Waals surface area contributed by atoms with E-state index in [0.717, 1.165) is 0 Å². The second-order valence-electron chi connectivity index (χ2n) is 7.41. The van der Waals surface area contributed by atoms with E-state index in [9.17, 15) is 9.90 Å². The zero-order valence-corrected chi connectivity index (χ0v) is 16.7. The highest BCUT2D eigenvalue weighted by Gasteiger charge is 2.47. The second-order valence-corrected chi connectivity index (χ2v) is 7.41. The molecule has 0 radical (unpaired) electrons. The van der Waals surface area contributed by atoms with Crippen molar-refractivity contribution in [3.63, 3.8) is 0 Å². The van der Waals surface area contributed by atoms with Gasteiger partial charge in [0, 0.05) is 6.42 Å². The van der Waals surface area contributed by atoms with Crippen LogP contribution in [0.3, 0.4) is 0 Å². The number of benzene rings is 2. The minimum absolute atomic E-state index is 0.0939. The largest absolute Gasteiger partial charge is 0.487 e. The number of para-hydroxylation sites is 4. The average molecular weight is 414 g/mol. The molecule has 0 spiro atoms. The Bertz CT molecular complexity index is 868. The highest BCUT2D eigenvalue weighted by Crippen LogP contribution is 2.36. The lowest BCUT2D eigenvalue weighted by molar-refractivity contribution is -0.152. The number of fused-ring (bicyclic) bond motifs is 3. The molecule has 0 aromatic heterocycles. The summed E-state index contributed by atoms with van der Waals surface area (Å²) in [7, 11) is 0. The molecule has 1 aliphatic heterocycles. The Balaban J connectivity index is 1.63. The van der Waals surface area contributed by atoms with Crippen LogP contribution in [0.5, 0.6) is 23.0 Å². The maximum atomic E-state index is 12.7. The van der Waals surface area contributed by atoms with Gasteiger partial charge >= 0.3 is 0 Å². The fourth-order valence-corrected chi connectivity index (χ4v) is 3.66. The van der Waals surface area contributed by atoms with Crippen molar-refractivity contribution in [1.29, 1.82) is 0 Å². The Morgan fingerprint density at radius 2 is 1.37 bits per heavy atom. The van der Waals surface area contributed by atoms with Gasteiger partial charge in [-0.05, 0) is 37.1 Å². The summed E-state index contributed by atoms with van der Waals surface area (Å²) < 4.78 is 29.0. The van der Waals surface area contributed by atoms with E-state index in [4.69, 9.17) is 23.7 Å². The van der Waals surface area contributed by atoms with E-state index in [-0.39, 0.29) is 12.4 Å². The molecule has 0 bridgehead atoms. The van der Waals surface area contributed by atoms with E-state index >= 15 is 0 Å². The minimum atomic E-state index is -1.46. The Hall–Kier alpha value is -2.77. The third kappa shape index (κ3) is 4.68. The number of carbonyl (C=O) groups excluding carboxylic acids is 1. The number of carbonyl (C=O) groups is 1. The maximum Gasteiger partial charge on any atom is 0.189 e. The van der Waals surface area contributed by atoms with Crippen LogP contribution in [0.1, 0.15) is 19.3 Å². The fourth-order valence-electron chi connectivity index (χ4n) is 3.66. The highest BCUT2D eigenvalue weighted by atomic mass is 16.6. The lowest BCUT2D eigenvalue weighted by atomic mass is 9.81. The van der Waals surface area contributed by atoms with Crippen LogP contribution in [0.2, 0.25) is 0 Å². The number of Topliss-reactive ketones (excluding diaryl/α,β-unsaturated/α-hetero) is 1. The van der Waals surface area contributed by atoms with Crippen LogP contribution in [-0.2, 0) is 9.53 Å². The first-order valence-corrected chi connectivity index (χ1v) is 10.2. The number of aliphatic hydroxyl groups is 1. The number of ketones is 1. The quantitative estimate of drug-likeness (QED) is 0.710. The summed E-state index contributed by atoms with van der Waals surface area (Å²) in [6.45, 7) is 1.36. The molecule has 4 rings (SSSR count). The summed E-state index contributed by atoms with van der Waals surface area (Å²) in [5.74, 6) is 1.80. The van der Waals surface area contributed by atoms with Gasteiger partial charge in [-0.15, -0.1) is 0 Å². The van der Waals surface area contributed by atoms with Crippen molar-refractivity contribution in [3.8, 4) is 23.0 Å². The van der Waals surface area contributed by atoms with Gasteiger partial charge in [-0.3, -0.25) is 4.79 Å². The molecule has 2 unspecified atom stereocenters. The number of rotatable bonds is 0. The molecule has 7 nitrogen and oxygen atoms in total. The van der Waals surface area contributed by atoms with E-state index in [1.807, 2.05) is 18.2 Å². The van der Waals surface area contributed by atoms with Gasteiger partial charge in [-0.1, -0.05) is 24.3 Å². The van der Waals surface area contributed by atoms with Crippen LogP contribution in [0, 0.1) is 0 Å². The predicted octanol–water partition coefficient (Wildman–Crippen LogP) is 2.78. The zero-order chi connectivity index (χ0) is 20.8. The van der Waals surface area contributed by atoms with Crippen LogP contribution in [0.4, 0.5) is 0 Å². The normalized spacial score (nSPS) is 25.2. The highest BCUT2D eigenvalue weighted by molar-refractivity contribution is 5.85. The topological polar surface area (TPSA) is 83.5 Å². The van der Waals surface area contributed by atoms with Gasteiger partial charge in [-0.2, -0.15) is 0 Å². The molecule has 1 saturated carbocycles. The van der Waals surface area contributed by atoms with Gasteiger partial charge in [0.25, 0.3) is 0 Å². The van der Waals surface area contributed by atoms with Crippen LogP contribution in [0.15, 0.2) is 48.5 Å². The van der Waals surface area contributed by atoms with Crippen molar-refractivity contribution in [2.45, 2.75) is 31.0 Å². The molecular weight excluding hydrogens is 388 g/mol. The fraction of sp³-hybridized carbons (Fsp3) is 0.435. The number of hydrogen-bond acceptors (Lipinski definition) is 7. The monoisotopic (exact) mass is 414 g/mol. The Morgan fingerprint density at radius 1 is 0.800 bits per heavy atom. The van der Waals surface area contributed by atoms with Crippen LogP contribution in [0.25, 0.3) is 0 Å². The molecule has 2 atom stereocenters. The van der Waals surface area contributed by atoms with Crippen molar-refractivity contribution in [3.05, 3.63) is 48.5 Å². The van der Waals surface area contributed by atoms with Gasteiger partial charge < -0.3 is 28.8 Å². The SMILES string of the molecule is O=C1CCCC2(O)COc3ccccc3OCCOCCOc3ccccc3OC12. The van der Waals surface area contributed by atoms with E-state index < -0.39 is 11.7 Å². The van der Waals surface area contributed by atoms with E-state index in [2.05, 4.69) is 0 Å². The van der Waals surface area contributed by atoms with Crippen molar-refractivity contribution < 1.29 is 33.6 Å². The average Bonchev–Trinajstić information content (AvgIpc) is 2.75. The van der Waals surface area contributed by atoms with E-state index in [1.54, 1.807) is 30.3 Å². The van der Waals surface area contributed by atoms with Gasteiger partial charge in [0.2, 0.25) is 0 Å². The van der Waals surface area contributed by atoms with E-state index in [1.165, 1.54) is 0 Å². The third-order valence-electron chi connectivity index (χ3n) is 5.20.